The van der Waals surface area contributed by atoms with Crippen LogP contribution in [-0.2, 0) is 38.7 Å². The van der Waals surface area contributed by atoms with Gasteiger partial charge in [-0.3, -0.25) is 28.5 Å². The van der Waals surface area contributed by atoms with Crippen molar-refractivity contribution in [1.82, 2.24) is 25.5 Å². The van der Waals surface area contributed by atoms with Gasteiger partial charge in [-0.15, -0.1) is 0 Å². The van der Waals surface area contributed by atoms with Crippen LogP contribution in [0.25, 0.3) is 11.4 Å². The van der Waals surface area contributed by atoms with E-state index in [1.165, 1.54) is 18.3 Å². The molecule has 0 fully saturated rings. The number of nitrogens with one attached hydrogen (secondary N) is 4. The Kier molecular flexibility index (Phi) is 11.8. The standard InChI is InChI=1S/C34H33F3N6O5/c1-2-38-28(44)20-41-33(48)34(36,37)30(46)26(17-22-9-5-3-6-10-22)42-29(45)21-43-31(24-13-15-25(35)16-14-24)40-19-27(32(43)47)39-18-23-11-7-4-8-12-23/h3-16,19,26,39H,2,17-18,20-21H2,1H3,(H,38,44)(H,41,48)(H,42,45). The number of carbonyl (C=O) groups is 4. The van der Waals surface area contributed by atoms with Gasteiger partial charge in [0, 0.05) is 25.1 Å². The first-order chi connectivity index (χ1) is 23.0. The smallest absolute Gasteiger partial charge is 0.375 e. The molecule has 1 unspecified atom stereocenters. The molecule has 0 aliphatic rings. The SMILES string of the molecule is CCNC(=O)CNC(=O)C(F)(F)C(=O)C(Cc1ccccc1)NC(=O)Cn1c(-c2ccc(F)cc2)ncc(NCc2ccccc2)c1=O. The molecule has 3 aromatic carbocycles. The molecule has 1 heterocycles. The van der Waals surface area contributed by atoms with Gasteiger partial charge in [0.2, 0.25) is 17.6 Å². The number of carbonyl (C=O) groups excluding carboxylic acids is 4. The van der Waals surface area contributed by atoms with E-state index < -0.39 is 66.4 Å². The Labute approximate surface area is 273 Å². The predicted molar refractivity (Wildman–Crippen MR) is 171 cm³/mol. The van der Waals surface area contributed by atoms with E-state index in [1.54, 1.807) is 42.6 Å². The summed E-state index contributed by atoms with van der Waals surface area (Å²) in [6.45, 7) is 0.474. The summed E-state index contributed by atoms with van der Waals surface area (Å²) >= 11 is 0. The van der Waals surface area contributed by atoms with Crippen LogP contribution in [0.1, 0.15) is 18.1 Å². The number of rotatable bonds is 15. The Balaban J connectivity index is 1.62. The van der Waals surface area contributed by atoms with Crippen molar-refractivity contribution >= 4 is 29.2 Å². The van der Waals surface area contributed by atoms with Gasteiger partial charge in [-0.1, -0.05) is 60.7 Å². The van der Waals surface area contributed by atoms with Gasteiger partial charge in [-0.2, -0.15) is 8.78 Å². The predicted octanol–water partition coefficient (Wildman–Crippen LogP) is 2.85. The van der Waals surface area contributed by atoms with Crippen molar-refractivity contribution in [2.24, 2.45) is 0 Å². The van der Waals surface area contributed by atoms with Crippen molar-refractivity contribution in [2.45, 2.75) is 38.4 Å². The molecule has 0 bridgehead atoms. The number of ketones is 1. The van der Waals surface area contributed by atoms with E-state index in [4.69, 9.17) is 0 Å². The van der Waals surface area contributed by atoms with Crippen LogP contribution < -0.4 is 26.8 Å². The lowest BCUT2D eigenvalue weighted by Crippen LogP contribution is -2.56. The zero-order chi connectivity index (χ0) is 34.7. The summed E-state index contributed by atoms with van der Waals surface area (Å²) in [5, 5.41) is 9.30. The van der Waals surface area contributed by atoms with Gasteiger partial charge >= 0.3 is 5.92 Å². The molecule has 0 spiro atoms. The number of amides is 3. The highest BCUT2D eigenvalue weighted by Gasteiger charge is 2.50. The normalized spacial score (nSPS) is 11.7. The van der Waals surface area contributed by atoms with Crippen molar-refractivity contribution in [3.63, 3.8) is 0 Å². The minimum absolute atomic E-state index is 0.0183. The lowest BCUT2D eigenvalue weighted by molar-refractivity contribution is -0.160. The molecule has 4 aromatic rings. The summed E-state index contributed by atoms with van der Waals surface area (Å²) < 4.78 is 45.0. The van der Waals surface area contributed by atoms with Crippen molar-refractivity contribution < 1.29 is 32.3 Å². The second kappa shape index (κ2) is 16.2. The van der Waals surface area contributed by atoms with E-state index in [1.807, 2.05) is 30.3 Å². The number of hydrogen-bond acceptors (Lipinski definition) is 7. The molecular formula is C34H33F3N6O5. The van der Waals surface area contributed by atoms with Crippen LogP contribution in [0.5, 0.6) is 0 Å². The molecule has 3 amide bonds. The van der Waals surface area contributed by atoms with Crippen LogP contribution >= 0.6 is 0 Å². The van der Waals surface area contributed by atoms with Crippen LogP contribution in [-0.4, -0.2) is 58.1 Å². The average molecular weight is 663 g/mol. The first-order valence-electron chi connectivity index (χ1n) is 14.9. The maximum absolute atomic E-state index is 15.2. The number of aromatic nitrogens is 2. The van der Waals surface area contributed by atoms with Crippen molar-refractivity contribution in [3.8, 4) is 11.4 Å². The summed E-state index contributed by atoms with van der Waals surface area (Å²) in [4.78, 5) is 68.6. The third kappa shape index (κ3) is 9.15. The first kappa shape index (κ1) is 35.1. The van der Waals surface area contributed by atoms with E-state index in [9.17, 15) is 28.4 Å². The van der Waals surface area contributed by atoms with Crippen LogP contribution in [0.4, 0.5) is 18.9 Å². The van der Waals surface area contributed by atoms with Crippen molar-refractivity contribution in [1.29, 1.82) is 0 Å². The van der Waals surface area contributed by atoms with Crippen LogP contribution in [0, 0.1) is 5.82 Å². The number of anilines is 1. The van der Waals surface area contributed by atoms with Crippen LogP contribution in [0.3, 0.4) is 0 Å². The molecule has 4 rings (SSSR count). The monoisotopic (exact) mass is 662 g/mol. The summed E-state index contributed by atoms with van der Waals surface area (Å²) in [6, 6.07) is 20.2. The fourth-order valence-corrected chi connectivity index (χ4v) is 4.69. The van der Waals surface area contributed by atoms with E-state index in [2.05, 4.69) is 20.9 Å². The molecule has 48 heavy (non-hydrogen) atoms. The Morgan fingerprint density at radius 1 is 0.854 bits per heavy atom. The third-order valence-electron chi connectivity index (χ3n) is 7.09. The second-order valence-corrected chi connectivity index (χ2v) is 10.6. The third-order valence-corrected chi connectivity index (χ3v) is 7.09. The number of halogens is 3. The summed E-state index contributed by atoms with van der Waals surface area (Å²) in [5.74, 6) is -10.9. The molecule has 250 valence electrons. The number of nitrogens with zero attached hydrogens (tertiary/aromatic N) is 2. The highest BCUT2D eigenvalue weighted by atomic mass is 19.3. The highest BCUT2D eigenvalue weighted by molar-refractivity contribution is 6.11. The highest BCUT2D eigenvalue weighted by Crippen LogP contribution is 2.21. The number of Topliss-reactive ketones (excluding diaryl/α,β-unsaturated/α-hetero) is 1. The molecule has 0 saturated carbocycles. The molecule has 1 atom stereocenters. The minimum Gasteiger partial charge on any atom is -0.375 e. The van der Waals surface area contributed by atoms with E-state index in [-0.39, 0.29) is 30.2 Å². The molecule has 0 aliphatic carbocycles. The van der Waals surface area contributed by atoms with Crippen LogP contribution in [0.2, 0.25) is 0 Å². The van der Waals surface area contributed by atoms with Crippen molar-refractivity contribution in [2.75, 3.05) is 18.4 Å². The van der Waals surface area contributed by atoms with Gasteiger partial charge < -0.3 is 21.3 Å². The van der Waals surface area contributed by atoms with Gasteiger partial charge in [0.25, 0.3) is 11.5 Å². The van der Waals surface area contributed by atoms with E-state index in [0.29, 0.717) is 5.56 Å². The van der Waals surface area contributed by atoms with E-state index >= 15 is 8.78 Å². The Morgan fingerprint density at radius 3 is 2.10 bits per heavy atom. The van der Waals surface area contributed by atoms with Gasteiger partial charge in [0.15, 0.2) is 0 Å². The Morgan fingerprint density at radius 2 is 1.48 bits per heavy atom. The molecule has 11 nitrogen and oxygen atoms in total. The molecule has 0 radical (unpaired) electrons. The first-order valence-corrected chi connectivity index (χ1v) is 14.9. The topological polar surface area (TPSA) is 151 Å². The van der Waals surface area contributed by atoms with Gasteiger partial charge in [-0.25, -0.2) is 9.37 Å². The Bertz CT molecular complexity index is 1800. The zero-order valence-corrected chi connectivity index (χ0v) is 25.8. The van der Waals surface area contributed by atoms with E-state index in [0.717, 1.165) is 22.3 Å². The molecule has 1 aromatic heterocycles. The molecule has 0 saturated heterocycles. The lowest BCUT2D eigenvalue weighted by atomic mass is 9.98. The zero-order valence-electron chi connectivity index (χ0n) is 25.8. The maximum atomic E-state index is 15.2. The average Bonchev–Trinajstić information content (AvgIpc) is 3.08. The summed E-state index contributed by atoms with van der Waals surface area (Å²) in [6.07, 6.45) is 0.848. The lowest BCUT2D eigenvalue weighted by Gasteiger charge is -2.23. The van der Waals surface area contributed by atoms with Gasteiger partial charge in [-0.05, 0) is 42.3 Å². The number of hydrogen-bond donors (Lipinski definition) is 4. The number of likely N-dealkylation sites (N-methyl/N-ethyl adjacent to an activating group) is 1. The second-order valence-electron chi connectivity index (χ2n) is 10.6. The van der Waals surface area contributed by atoms with Gasteiger partial charge in [0.1, 0.15) is 23.9 Å². The molecular weight excluding hydrogens is 629 g/mol. The van der Waals surface area contributed by atoms with Gasteiger partial charge in [0.05, 0.1) is 18.8 Å². The number of alkyl halides is 2. The molecule has 14 heteroatoms. The Hall–Kier alpha value is -5.79. The van der Waals surface area contributed by atoms with Crippen molar-refractivity contribution in [3.05, 3.63) is 118 Å². The maximum Gasteiger partial charge on any atom is 0.383 e. The van der Waals surface area contributed by atoms with Crippen LogP contribution in [0.15, 0.2) is 95.9 Å². The summed E-state index contributed by atoms with van der Waals surface area (Å²) in [5.41, 5.74) is 0.846. The minimum atomic E-state index is -4.63. The quantitative estimate of drug-likeness (QED) is 0.143. The largest absolute Gasteiger partial charge is 0.383 e. The fourth-order valence-electron chi connectivity index (χ4n) is 4.69. The molecule has 0 aliphatic heterocycles. The fraction of sp³-hybridized carbons (Fsp3) is 0.235. The summed E-state index contributed by atoms with van der Waals surface area (Å²) in [7, 11) is 0. The molecule has 4 N–H and O–H groups in total. The number of benzene rings is 3.